The van der Waals surface area contributed by atoms with Gasteiger partial charge in [0.2, 0.25) is 0 Å². The summed E-state index contributed by atoms with van der Waals surface area (Å²) < 4.78 is 0. The molecule has 0 nitrogen and oxygen atoms in total. The van der Waals surface area contributed by atoms with Gasteiger partial charge in [-0.1, -0.05) is 61.5 Å². The average molecular weight is 274 g/mol. The van der Waals surface area contributed by atoms with Gasteiger partial charge in [-0.2, -0.15) is 0 Å². The highest BCUT2D eigenvalue weighted by atomic mass is 14.2. The van der Waals surface area contributed by atoms with Crippen LogP contribution in [0, 0.1) is 13.8 Å². The summed E-state index contributed by atoms with van der Waals surface area (Å²) in [4.78, 5) is 0. The molecule has 21 heavy (non-hydrogen) atoms. The van der Waals surface area contributed by atoms with E-state index in [2.05, 4.69) is 69.8 Å². The average Bonchev–Trinajstić information content (AvgIpc) is 2.51. The van der Waals surface area contributed by atoms with Crippen molar-refractivity contribution < 1.29 is 0 Å². The number of rotatable bonds is 2. The molecule has 0 fully saturated rings. The quantitative estimate of drug-likeness (QED) is 0.687. The Bertz CT molecular complexity index is 727. The second-order valence-corrected chi connectivity index (χ2v) is 5.98. The van der Waals surface area contributed by atoms with Gasteiger partial charge < -0.3 is 0 Å². The van der Waals surface area contributed by atoms with Crippen LogP contribution in [0.5, 0.6) is 0 Å². The third-order valence-corrected chi connectivity index (χ3v) is 4.58. The highest BCUT2D eigenvalue weighted by Gasteiger charge is 2.18. The predicted octanol–water partition coefficient (Wildman–Crippen LogP) is 5.41. The lowest BCUT2D eigenvalue weighted by Crippen LogP contribution is -2.06. The fourth-order valence-corrected chi connectivity index (χ4v) is 3.07. The van der Waals surface area contributed by atoms with Crippen molar-refractivity contribution in [3.8, 4) is 0 Å². The monoisotopic (exact) mass is 274 g/mol. The third kappa shape index (κ3) is 2.47. The lowest BCUT2D eigenvalue weighted by atomic mass is 9.82. The first kappa shape index (κ1) is 13.9. The maximum atomic E-state index is 4.22. The van der Waals surface area contributed by atoms with Gasteiger partial charge in [-0.3, -0.25) is 0 Å². The molecule has 0 atom stereocenters. The summed E-state index contributed by atoms with van der Waals surface area (Å²) in [5, 5.41) is 0. The van der Waals surface area contributed by atoms with Crippen molar-refractivity contribution in [3.63, 3.8) is 0 Å². The van der Waals surface area contributed by atoms with Crippen molar-refractivity contribution in [1.82, 2.24) is 0 Å². The highest BCUT2D eigenvalue weighted by Crippen LogP contribution is 2.35. The van der Waals surface area contributed by atoms with E-state index < -0.39 is 0 Å². The summed E-state index contributed by atoms with van der Waals surface area (Å²) in [5.74, 6) is 0. The number of fused-ring (bicyclic) bond motifs is 1. The van der Waals surface area contributed by atoms with Crippen LogP contribution in [-0.4, -0.2) is 0 Å². The van der Waals surface area contributed by atoms with Crippen LogP contribution in [0.4, 0.5) is 0 Å². The lowest BCUT2D eigenvalue weighted by molar-refractivity contribution is 1.11. The predicted molar refractivity (Wildman–Crippen MR) is 91.7 cm³/mol. The Morgan fingerprint density at radius 3 is 2.38 bits per heavy atom. The molecule has 3 rings (SSSR count). The molecule has 0 N–H and O–H groups in total. The van der Waals surface area contributed by atoms with E-state index in [0.29, 0.717) is 0 Å². The number of hydrogen-bond acceptors (Lipinski definition) is 0. The molecule has 1 aliphatic rings. The zero-order valence-corrected chi connectivity index (χ0v) is 13.2. The smallest absolute Gasteiger partial charge is 0.00225 e. The molecular weight excluding hydrogens is 252 g/mol. The molecule has 0 saturated carbocycles. The Labute approximate surface area is 127 Å². The summed E-state index contributed by atoms with van der Waals surface area (Å²) in [6.45, 7) is 10.8. The zero-order chi connectivity index (χ0) is 15.0. The maximum absolute atomic E-state index is 4.22. The van der Waals surface area contributed by atoms with Crippen LogP contribution < -0.4 is 0 Å². The van der Waals surface area contributed by atoms with E-state index in [1.54, 1.807) is 0 Å². The summed E-state index contributed by atoms with van der Waals surface area (Å²) in [6.07, 6.45) is 4.30. The van der Waals surface area contributed by atoms with Crippen molar-refractivity contribution in [2.45, 2.75) is 33.6 Å². The topological polar surface area (TPSA) is 0 Å². The van der Waals surface area contributed by atoms with Gasteiger partial charge in [-0.05, 0) is 65.6 Å². The number of benzene rings is 2. The normalized spacial score (nSPS) is 13.9. The van der Waals surface area contributed by atoms with Crippen LogP contribution >= 0.6 is 0 Å². The largest absolute Gasteiger partial charge is 0.0955 e. The molecule has 0 unspecified atom stereocenters. The Balaban J connectivity index is 2.14. The van der Waals surface area contributed by atoms with E-state index in [4.69, 9.17) is 0 Å². The molecule has 2 aromatic carbocycles. The first-order valence-electron chi connectivity index (χ1n) is 7.68. The van der Waals surface area contributed by atoms with Gasteiger partial charge in [0.15, 0.2) is 0 Å². The summed E-state index contributed by atoms with van der Waals surface area (Å²) in [5.41, 5.74) is 10.8. The number of hydrogen-bond donors (Lipinski definition) is 0. The third-order valence-electron chi connectivity index (χ3n) is 4.58. The SMILES string of the molecule is C=C1C=C(c2ccc(CC)cc2)c2ccc(C)c(C)c2C1. The molecule has 0 amide bonds. The van der Waals surface area contributed by atoms with Crippen LogP contribution in [0.3, 0.4) is 0 Å². The second kappa shape index (κ2) is 5.37. The van der Waals surface area contributed by atoms with E-state index in [1.165, 1.54) is 44.5 Å². The first-order chi connectivity index (χ1) is 10.1. The minimum atomic E-state index is 0.972. The molecule has 0 heterocycles. The van der Waals surface area contributed by atoms with Crippen molar-refractivity contribution >= 4 is 5.57 Å². The fourth-order valence-electron chi connectivity index (χ4n) is 3.07. The zero-order valence-electron chi connectivity index (χ0n) is 13.2. The van der Waals surface area contributed by atoms with Gasteiger partial charge in [0.1, 0.15) is 0 Å². The minimum Gasteiger partial charge on any atom is -0.0955 e. The molecule has 0 saturated heterocycles. The summed E-state index contributed by atoms with van der Waals surface area (Å²) in [6, 6.07) is 13.4. The Kier molecular flexibility index (Phi) is 3.55. The Morgan fingerprint density at radius 2 is 1.71 bits per heavy atom. The minimum absolute atomic E-state index is 0.972. The molecule has 0 aromatic heterocycles. The van der Waals surface area contributed by atoms with Gasteiger partial charge >= 0.3 is 0 Å². The molecule has 2 aromatic rings. The van der Waals surface area contributed by atoms with Crippen LogP contribution in [0.1, 0.15) is 40.3 Å². The van der Waals surface area contributed by atoms with Crippen molar-refractivity contribution in [2.24, 2.45) is 0 Å². The van der Waals surface area contributed by atoms with Crippen LogP contribution in [-0.2, 0) is 12.8 Å². The van der Waals surface area contributed by atoms with E-state index in [9.17, 15) is 0 Å². The summed E-state index contributed by atoms with van der Waals surface area (Å²) >= 11 is 0. The first-order valence-corrected chi connectivity index (χ1v) is 7.68. The second-order valence-electron chi connectivity index (χ2n) is 5.98. The van der Waals surface area contributed by atoms with Gasteiger partial charge in [-0.25, -0.2) is 0 Å². The molecule has 0 bridgehead atoms. The molecule has 106 valence electrons. The van der Waals surface area contributed by atoms with E-state index >= 15 is 0 Å². The maximum Gasteiger partial charge on any atom is -0.00225 e. The molecule has 1 aliphatic carbocycles. The number of allylic oxidation sites excluding steroid dienone is 2. The van der Waals surface area contributed by atoms with Crippen molar-refractivity contribution in [2.75, 3.05) is 0 Å². The van der Waals surface area contributed by atoms with E-state index in [-0.39, 0.29) is 0 Å². The van der Waals surface area contributed by atoms with E-state index in [0.717, 1.165) is 12.8 Å². The van der Waals surface area contributed by atoms with Gasteiger partial charge in [-0.15, -0.1) is 0 Å². The number of aryl methyl sites for hydroxylation is 2. The van der Waals surface area contributed by atoms with Crippen molar-refractivity contribution in [1.29, 1.82) is 0 Å². The molecular formula is C21H22. The van der Waals surface area contributed by atoms with Crippen LogP contribution in [0.15, 0.2) is 54.6 Å². The molecule has 0 aliphatic heterocycles. The van der Waals surface area contributed by atoms with Crippen LogP contribution in [0.25, 0.3) is 5.57 Å². The lowest BCUT2D eigenvalue weighted by Gasteiger charge is -2.23. The molecule has 0 heteroatoms. The van der Waals surface area contributed by atoms with Crippen LogP contribution in [0.2, 0.25) is 0 Å². The van der Waals surface area contributed by atoms with Gasteiger partial charge in [0.25, 0.3) is 0 Å². The van der Waals surface area contributed by atoms with Gasteiger partial charge in [0.05, 0.1) is 0 Å². The Morgan fingerprint density at radius 1 is 1.00 bits per heavy atom. The molecule has 0 spiro atoms. The van der Waals surface area contributed by atoms with E-state index in [1.807, 2.05) is 0 Å². The highest BCUT2D eigenvalue weighted by molar-refractivity contribution is 5.85. The molecule has 0 radical (unpaired) electrons. The van der Waals surface area contributed by atoms with Gasteiger partial charge in [0, 0.05) is 0 Å². The fraction of sp³-hybridized carbons (Fsp3) is 0.238. The van der Waals surface area contributed by atoms with Crippen molar-refractivity contribution in [3.05, 3.63) is 88.0 Å². The summed E-state index contributed by atoms with van der Waals surface area (Å²) in [7, 11) is 0. The Hall–Kier alpha value is -2.08. The standard InChI is InChI=1S/C21H22/c1-5-17-7-9-18(10-8-17)21-13-14(2)12-20-16(4)15(3)6-11-19(20)21/h6-11,13H,2,5,12H2,1,3-4H3.